The van der Waals surface area contributed by atoms with E-state index in [9.17, 15) is 9.90 Å². The third-order valence-corrected chi connectivity index (χ3v) is 4.90. The van der Waals surface area contributed by atoms with Crippen LogP contribution in [0.5, 0.6) is 11.5 Å². The van der Waals surface area contributed by atoms with Crippen LogP contribution in [0.1, 0.15) is 46.8 Å². The number of quaternary nitrogens is 1. The predicted molar refractivity (Wildman–Crippen MR) is 107 cm³/mol. The number of rotatable bonds is 6. The fraction of sp³-hybridized carbons (Fsp3) is 0.261. The van der Waals surface area contributed by atoms with Gasteiger partial charge in [-0.05, 0) is 35.3 Å². The Labute approximate surface area is 169 Å². The first kappa shape index (κ1) is 20.1. The summed E-state index contributed by atoms with van der Waals surface area (Å²) in [7, 11) is 0. The second kappa shape index (κ2) is 8.60. The summed E-state index contributed by atoms with van der Waals surface area (Å²) in [4.78, 5) is 13.5. The number of ether oxygens (including phenoxy) is 1. The van der Waals surface area contributed by atoms with Crippen molar-refractivity contribution in [3.05, 3.63) is 64.4 Å². The molecule has 0 aliphatic carbocycles. The van der Waals surface area contributed by atoms with Gasteiger partial charge in [0.15, 0.2) is 24.6 Å². The molecule has 0 fully saturated rings. The molecule has 2 N–H and O–H groups in total. The van der Waals surface area contributed by atoms with Crippen molar-refractivity contribution in [1.29, 1.82) is 10.5 Å². The van der Waals surface area contributed by atoms with Gasteiger partial charge in [-0.25, -0.2) is 0 Å². The van der Waals surface area contributed by atoms with Crippen LogP contribution in [-0.2, 0) is 6.54 Å². The molecule has 0 aromatic heterocycles. The number of ketones is 1. The molecule has 0 amide bonds. The Kier molecular flexibility index (Phi) is 5.97. The first-order valence-corrected chi connectivity index (χ1v) is 9.41. The highest BCUT2D eigenvalue weighted by Crippen LogP contribution is 2.39. The lowest BCUT2D eigenvalue weighted by Crippen LogP contribution is -3.10. The van der Waals surface area contributed by atoms with E-state index in [0.29, 0.717) is 27.7 Å². The summed E-state index contributed by atoms with van der Waals surface area (Å²) in [5.41, 5.74) is 2.85. The van der Waals surface area contributed by atoms with Crippen LogP contribution in [0, 0.1) is 22.7 Å². The van der Waals surface area contributed by atoms with Crippen LogP contribution < -0.4 is 9.64 Å². The molecular weight excluding hydrogens is 366 g/mol. The van der Waals surface area contributed by atoms with Crippen molar-refractivity contribution in [3.63, 3.8) is 0 Å². The Hall–Kier alpha value is -3.61. The lowest BCUT2D eigenvalue weighted by molar-refractivity contribution is -0.899. The topological polar surface area (TPSA) is 98.5 Å². The fourth-order valence-electron chi connectivity index (χ4n) is 3.26. The number of phenolic OH excluding ortho intramolecular Hbond substituents is 1. The van der Waals surface area contributed by atoms with Crippen LogP contribution in [0.4, 0.5) is 0 Å². The van der Waals surface area contributed by atoms with E-state index < -0.39 is 0 Å². The number of fused-ring (bicyclic) bond motifs is 1. The zero-order chi connectivity index (χ0) is 21.0. The molecule has 146 valence electrons. The van der Waals surface area contributed by atoms with Crippen molar-refractivity contribution in [1.82, 2.24) is 0 Å². The van der Waals surface area contributed by atoms with Gasteiger partial charge >= 0.3 is 0 Å². The number of nitrogens with one attached hydrogen (secondary N) is 1. The Bertz CT molecular complexity index is 1020. The number of nitriles is 2. The number of phenols is 1. The van der Waals surface area contributed by atoms with Gasteiger partial charge in [0.05, 0.1) is 11.1 Å². The number of carbonyl (C=O) groups is 1. The van der Waals surface area contributed by atoms with Crippen LogP contribution in [0.15, 0.2) is 42.2 Å². The van der Waals surface area contributed by atoms with Crippen molar-refractivity contribution >= 4 is 11.9 Å². The minimum atomic E-state index is -0.253. The quantitative estimate of drug-likeness (QED) is 0.585. The van der Waals surface area contributed by atoms with Crippen molar-refractivity contribution < 1.29 is 19.5 Å². The molecule has 2 aromatic carbocycles. The highest BCUT2D eigenvalue weighted by atomic mass is 16.5. The maximum Gasteiger partial charge on any atom is 0.231 e. The van der Waals surface area contributed by atoms with E-state index >= 15 is 0 Å². The first-order valence-electron chi connectivity index (χ1n) is 9.41. The van der Waals surface area contributed by atoms with Crippen LogP contribution in [0.25, 0.3) is 6.08 Å². The van der Waals surface area contributed by atoms with Crippen LogP contribution in [0.2, 0.25) is 0 Å². The third kappa shape index (κ3) is 4.29. The van der Waals surface area contributed by atoms with Gasteiger partial charge in [-0.1, -0.05) is 38.1 Å². The molecule has 1 aliphatic rings. The van der Waals surface area contributed by atoms with Crippen molar-refractivity contribution in [3.8, 4) is 23.6 Å². The molecule has 0 radical (unpaired) electrons. The summed E-state index contributed by atoms with van der Waals surface area (Å²) in [5.74, 6) is 0.631. The normalized spacial score (nSPS) is 14.0. The van der Waals surface area contributed by atoms with E-state index in [0.717, 1.165) is 5.56 Å². The Morgan fingerprint density at radius 1 is 1.10 bits per heavy atom. The van der Waals surface area contributed by atoms with Crippen molar-refractivity contribution in [2.75, 3.05) is 13.1 Å². The maximum absolute atomic E-state index is 12.8. The number of benzene rings is 2. The standard InChI is InChI=1S/C23H21N3O3/c1-15(2)17-5-3-16(4-6-17)13-21-22(28)18-7-8-20(27)19(23(18)29-21)14-26(11-9-24)12-10-25/h3-8,13,15,27H,11-12,14H2,1-2H3/p+1/b21-13-. The van der Waals surface area contributed by atoms with Gasteiger partial charge in [0.25, 0.3) is 0 Å². The molecular formula is C23H22N3O3+. The number of carbonyl (C=O) groups excluding carboxylic acids is 1. The second-order valence-corrected chi connectivity index (χ2v) is 7.30. The molecule has 0 spiro atoms. The van der Waals surface area contributed by atoms with E-state index in [1.54, 1.807) is 6.08 Å². The zero-order valence-electron chi connectivity index (χ0n) is 16.4. The molecule has 6 nitrogen and oxygen atoms in total. The van der Waals surface area contributed by atoms with E-state index in [2.05, 4.69) is 13.8 Å². The van der Waals surface area contributed by atoms with E-state index in [-0.39, 0.29) is 36.9 Å². The highest BCUT2D eigenvalue weighted by molar-refractivity contribution is 6.14. The van der Waals surface area contributed by atoms with E-state index in [1.165, 1.54) is 17.7 Å². The van der Waals surface area contributed by atoms with Crippen LogP contribution in [-0.4, -0.2) is 24.0 Å². The largest absolute Gasteiger partial charge is 0.507 e. The predicted octanol–water partition coefficient (Wildman–Crippen LogP) is 2.56. The number of allylic oxidation sites excluding steroid dienone is 1. The maximum atomic E-state index is 12.8. The molecule has 3 rings (SSSR count). The Morgan fingerprint density at radius 3 is 2.34 bits per heavy atom. The summed E-state index contributed by atoms with van der Waals surface area (Å²) in [6, 6.07) is 15.0. The molecule has 0 saturated carbocycles. The third-order valence-electron chi connectivity index (χ3n) is 4.90. The molecule has 29 heavy (non-hydrogen) atoms. The number of Topliss-reactive ketones (excluding diaryl/α,β-unsaturated/α-hetero) is 1. The minimum absolute atomic E-state index is 0.0209. The molecule has 1 heterocycles. The molecule has 0 unspecified atom stereocenters. The molecule has 0 atom stereocenters. The summed E-state index contributed by atoms with van der Waals surface area (Å²) in [6.07, 6.45) is 1.68. The smallest absolute Gasteiger partial charge is 0.231 e. The van der Waals surface area contributed by atoms with Gasteiger partial charge < -0.3 is 14.7 Å². The van der Waals surface area contributed by atoms with E-state index in [4.69, 9.17) is 15.3 Å². The average Bonchev–Trinajstić information content (AvgIpc) is 3.00. The lowest BCUT2D eigenvalue weighted by Gasteiger charge is -2.15. The van der Waals surface area contributed by atoms with Gasteiger partial charge in [-0.15, -0.1) is 0 Å². The molecule has 1 aliphatic heterocycles. The summed E-state index contributed by atoms with van der Waals surface area (Å²) in [6.45, 7) is 4.65. The Balaban J connectivity index is 1.92. The first-order chi connectivity index (χ1) is 13.9. The van der Waals surface area contributed by atoms with Gasteiger partial charge in [-0.2, -0.15) is 10.5 Å². The van der Waals surface area contributed by atoms with Gasteiger partial charge in [0, 0.05) is 0 Å². The highest BCUT2D eigenvalue weighted by Gasteiger charge is 2.32. The van der Waals surface area contributed by atoms with Crippen molar-refractivity contribution in [2.24, 2.45) is 0 Å². The van der Waals surface area contributed by atoms with Gasteiger partial charge in [0.1, 0.15) is 24.4 Å². The summed E-state index contributed by atoms with van der Waals surface area (Å²) in [5, 5.41) is 28.3. The molecule has 6 heteroatoms. The number of aromatic hydroxyl groups is 1. The number of nitrogens with zero attached hydrogens (tertiary/aromatic N) is 2. The van der Waals surface area contributed by atoms with Crippen LogP contribution >= 0.6 is 0 Å². The van der Waals surface area contributed by atoms with Gasteiger partial charge in [-0.3, -0.25) is 4.79 Å². The number of hydrogen-bond donors (Lipinski definition) is 2. The Morgan fingerprint density at radius 2 is 1.76 bits per heavy atom. The summed E-state index contributed by atoms with van der Waals surface area (Å²) >= 11 is 0. The second-order valence-electron chi connectivity index (χ2n) is 7.30. The monoisotopic (exact) mass is 388 g/mol. The van der Waals surface area contributed by atoms with Crippen molar-refractivity contribution in [2.45, 2.75) is 26.3 Å². The minimum Gasteiger partial charge on any atom is -0.507 e. The fourth-order valence-corrected chi connectivity index (χ4v) is 3.26. The molecule has 0 bridgehead atoms. The SMILES string of the molecule is CC(C)c1ccc(/C=C2\Oc3c(ccc(O)c3C[NH+](CC#N)CC#N)C2=O)cc1. The summed E-state index contributed by atoms with van der Waals surface area (Å²) < 4.78 is 5.84. The average molecular weight is 388 g/mol. The zero-order valence-corrected chi connectivity index (χ0v) is 16.4. The van der Waals surface area contributed by atoms with E-state index in [1.807, 2.05) is 36.4 Å². The van der Waals surface area contributed by atoms with Gasteiger partial charge in [0.2, 0.25) is 5.78 Å². The molecule has 0 saturated heterocycles. The number of hydrogen-bond acceptors (Lipinski definition) is 5. The van der Waals surface area contributed by atoms with Crippen LogP contribution in [0.3, 0.4) is 0 Å². The molecule has 2 aromatic rings. The lowest BCUT2D eigenvalue weighted by atomic mass is 10.0.